The number of aryl methyl sites for hydroxylation is 2. The normalized spacial score (nSPS) is 12.1. The zero-order valence-corrected chi connectivity index (χ0v) is 8.77. The number of nitrogens with zero attached hydrogens (tertiary/aromatic N) is 1. The van der Waals surface area contributed by atoms with Gasteiger partial charge in [-0.1, -0.05) is 0 Å². The van der Waals surface area contributed by atoms with Gasteiger partial charge in [-0.05, 0) is 26.0 Å². The molecule has 0 atom stereocenters. The second-order valence-corrected chi connectivity index (χ2v) is 3.44. The fourth-order valence-corrected chi connectivity index (χ4v) is 1.40. The monoisotopic (exact) mass is 221 g/mol. The van der Waals surface area contributed by atoms with E-state index in [1.54, 1.807) is 0 Å². The molecule has 0 amide bonds. The highest BCUT2D eigenvalue weighted by Gasteiger charge is 2.27. The van der Waals surface area contributed by atoms with Crippen molar-refractivity contribution in [3.05, 3.63) is 23.5 Å². The van der Waals surface area contributed by atoms with Crippen molar-refractivity contribution in [2.24, 2.45) is 0 Å². The highest BCUT2D eigenvalue weighted by molar-refractivity contribution is 5.13. The van der Waals surface area contributed by atoms with Crippen molar-refractivity contribution in [3.8, 4) is 0 Å². The summed E-state index contributed by atoms with van der Waals surface area (Å²) < 4.78 is 41.7. The quantitative estimate of drug-likeness (QED) is 0.713. The molecule has 1 aromatic rings. The Kier molecular flexibility index (Phi) is 3.79. The van der Waals surface area contributed by atoms with Crippen LogP contribution in [0.1, 0.15) is 11.4 Å². The molecule has 0 bridgehead atoms. The molecule has 0 aliphatic heterocycles. The van der Waals surface area contributed by atoms with Crippen molar-refractivity contribution in [1.82, 2.24) is 4.57 Å². The van der Waals surface area contributed by atoms with Crippen LogP contribution < -0.4 is 0 Å². The fraction of sp³-hybridized carbons (Fsp3) is 0.600. The lowest BCUT2D eigenvalue weighted by Crippen LogP contribution is -2.19. The molecule has 86 valence electrons. The summed E-state index contributed by atoms with van der Waals surface area (Å²) in [6.07, 6.45) is -4.24. The van der Waals surface area contributed by atoms with Crippen molar-refractivity contribution in [2.75, 3.05) is 13.2 Å². The van der Waals surface area contributed by atoms with Gasteiger partial charge in [0.1, 0.15) is 6.61 Å². The van der Waals surface area contributed by atoms with Crippen LogP contribution in [0.5, 0.6) is 0 Å². The summed E-state index contributed by atoms with van der Waals surface area (Å²) >= 11 is 0. The van der Waals surface area contributed by atoms with Crippen molar-refractivity contribution in [1.29, 1.82) is 0 Å². The minimum absolute atomic E-state index is 0.0792. The molecule has 0 radical (unpaired) electrons. The maximum atomic E-state index is 11.7. The van der Waals surface area contributed by atoms with Gasteiger partial charge < -0.3 is 9.30 Å². The van der Waals surface area contributed by atoms with Crippen molar-refractivity contribution < 1.29 is 17.9 Å². The Morgan fingerprint density at radius 1 is 1.20 bits per heavy atom. The highest BCUT2D eigenvalue weighted by Crippen LogP contribution is 2.14. The van der Waals surface area contributed by atoms with Crippen LogP contribution >= 0.6 is 0 Å². The number of halogens is 3. The first-order valence-electron chi connectivity index (χ1n) is 4.67. The van der Waals surface area contributed by atoms with Gasteiger partial charge in [-0.3, -0.25) is 0 Å². The van der Waals surface area contributed by atoms with Gasteiger partial charge in [0.05, 0.1) is 6.61 Å². The van der Waals surface area contributed by atoms with Crippen molar-refractivity contribution in [2.45, 2.75) is 26.6 Å². The fourth-order valence-electron chi connectivity index (χ4n) is 1.40. The molecule has 0 fully saturated rings. The summed E-state index contributed by atoms with van der Waals surface area (Å²) in [4.78, 5) is 0. The number of aromatic nitrogens is 1. The molecule has 2 nitrogen and oxygen atoms in total. The second-order valence-electron chi connectivity index (χ2n) is 3.44. The Labute approximate surface area is 86.7 Å². The average Bonchev–Trinajstić information content (AvgIpc) is 2.40. The van der Waals surface area contributed by atoms with E-state index in [-0.39, 0.29) is 6.61 Å². The molecule has 15 heavy (non-hydrogen) atoms. The number of alkyl halides is 3. The van der Waals surface area contributed by atoms with E-state index in [1.165, 1.54) is 0 Å². The molecule has 0 aromatic carbocycles. The van der Waals surface area contributed by atoms with E-state index in [1.807, 2.05) is 30.5 Å². The molecule has 0 saturated carbocycles. The summed E-state index contributed by atoms with van der Waals surface area (Å²) in [6, 6.07) is 3.86. The largest absolute Gasteiger partial charge is 0.411 e. The first kappa shape index (κ1) is 12.1. The van der Waals surface area contributed by atoms with Crippen LogP contribution in [0, 0.1) is 13.8 Å². The summed E-state index contributed by atoms with van der Waals surface area (Å²) in [5.74, 6) is 0. The van der Waals surface area contributed by atoms with E-state index in [4.69, 9.17) is 0 Å². The molecule has 1 heterocycles. The van der Waals surface area contributed by atoms with Crippen LogP contribution in [0.3, 0.4) is 0 Å². The maximum absolute atomic E-state index is 11.7. The van der Waals surface area contributed by atoms with Gasteiger partial charge in [-0.15, -0.1) is 0 Å². The van der Waals surface area contributed by atoms with Gasteiger partial charge >= 0.3 is 6.18 Å². The highest BCUT2D eigenvalue weighted by atomic mass is 19.4. The van der Waals surface area contributed by atoms with E-state index >= 15 is 0 Å². The number of hydrogen-bond donors (Lipinski definition) is 0. The van der Waals surface area contributed by atoms with Crippen LogP contribution in [-0.4, -0.2) is 24.0 Å². The second kappa shape index (κ2) is 4.70. The molecule has 0 aliphatic rings. The zero-order chi connectivity index (χ0) is 11.5. The van der Waals surface area contributed by atoms with E-state index < -0.39 is 12.8 Å². The lowest BCUT2D eigenvalue weighted by atomic mass is 10.5. The SMILES string of the molecule is Cc1ccc(C)n1CCOCC(F)(F)F. The Morgan fingerprint density at radius 2 is 1.73 bits per heavy atom. The summed E-state index contributed by atoms with van der Waals surface area (Å²) in [7, 11) is 0. The minimum Gasteiger partial charge on any atom is -0.370 e. The molecule has 0 aliphatic carbocycles. The zero-order valence-electron chi connectivity index (χ0n) is 8.77. The Balaban J connectivity index is 2.32. The first-order valence-corrected chi connectivity index (χ1v) is 4.67. The molecule has 5 heteroatoms. The summed E-state index contributed by atoms with van der Waals surface area (Å²) in [6.45, 7) is 3.19. The first-order chi connectivity index (χ1) is 6.90. The Bertz CT molecular complexity index is 297. The summed E-state index contributed by atoms with van der Waals surface area (Å²) in [5, 5.41) is 0. The number of hydrogen-bond acceptors (Lipinski definition) is 1. The minimum atomic E-state index is -4.24. The predicted molar refractivity (Wildman–Crippen MR) is 50.8 cm³/mol. The number of ether oxygens (including phenoxy) is 1. The summed E-state index contributed by atoms with van der Waals surface area (Å²) in [5.41, 5.74) is 2.06. The molecular weight excluding hydrogens is 207 g/mol. The van der Waals surface area contributed by atoms with E-state index in [2.05, 4.69) is 4.74 Å². The van der Waals surface area contributed by atoms with Crippen molar-refractivity contribution in [3.63, 3.8) is 0 Å². The lowest BCUT2D eigenvalue weighted by Gasteiger charge is -2.11. The van der Waals surface area contributed by atoms with Crippen molar-refractivity contribution >= 4 is 0 Å². The third kappa shape index (κ3) is 3.95. The molecule has 0 spiro atoms. The predicted octanol–water partition coefficient (Wildman–Crippen LogP) is 2.68. The molecule has 1 aromatic heterocycles. The van der Waals surface area contributed by atoms with Crippen LogP contribution in [0.2, 0.25) is 0 Å². The average molecular weight is 221 g/mol. The third-order valence-corrected chi connectivity index (χ3v) is 2.14. The molecule has 0 saturated heterocycles. The van der Waals surface area contributed by atoms with Gasteiger partial charge in [0, 0.05) is 17.9 Å². The van der Waals surface area contributed by atoms with Crippen LogP contribution in [0.15, 0.2) is 12.1 Å². The van der Waals surface area contributed by atoms with E-state index in [9.17, 15) is 13.2 Å². The van der Waals surface area contributed by atoms with E-state index in [0.29, 0.717) is 6.54 Å². The smallest absolute Gasteiger partial charge is 0.370 e. The maximum Gasteiger partial charge on any atom is 0.411 e. The van der Waals surface area contributed by atoms with Gasteiger partial charge in [0.25, 0.3) is 0 Å². The Hall–Kier alpha value is -0.970. The van der Waals surface area contributed by atoms with Crippen LogP contribution in [0.4, 0.5) is 13.2 Å². The van der Waals surface area contributed by atoms with Gasteiger partial charge in [0.15, 0.2) is 0 Å². The van der Waals surface area contributed by atoms with Crippen LogP contribution in [-0.2, 0) is 11.3 Å². The van der Waals surface area contributed by atoms with Gasteiger partial charge in [0.2, 0.25) is 0 Å². The molecule has 0 unspecified atom stereocenters. The standard InChI is InChI=1S/C10H14F3NO/c1-8-3-4-9(2)14(8)5-6-15-7-10(11,12)13/h3-4H,5-7H2,1-2H3. The topological polar surface area (TPSA) is 14.2 Å². The molecular formula is C10H14F3NO. The van der Waals surface area contributed by atoms with Crippen LogP contribution in [0.25, 0.3) is 0 Å². The lowest BCUT2D eigenvalue weighted by molar-refractivity contribution is -0.174. The molecule has 1 rings (SSSR count). The number of rotatable bonds is 4. The third-order valence-electron chi connectivity index (χ3n) is 2.14. The Morgan fingerprint density at radius 3 is 2.20 bits per heavy atom. The molecule has 0 N–H and O–H groups in total. The van der Waals surface area contributed by atoms with Gasteiger partial charge in [-0.2, -0.15) is 13.2 Å². The van der Waals surface area contributed by atoms with Gasteiger partial charge in [-0.25, -0.2) is 0 Å². The van der Waals surface area contributed by atoms with E-state index in [0.717, 1.165) is 11.4 Å².